The third-order valence-electron chi connectivity index (χ3n) is 6.52. The van der Waals surface area contributed by atoms with Crippen LogP contribution in [0.15, 0.2) is 39.6 Å². The maximum absolute atomic E-state index is 12.7. The number of hydrogen-bond donors (Lipinski definition) is 2. The van der Waals surface area contributed by atoms with Gasteiger partial charge in [0.2, 0.25) is 5.91 Å². The largest absolute Gasteiger partial charge is 0.454 e. The Morgan fingerprint density at radius 2 is 2.18 bits per heavy atom. The van der Waals surface area contributed by atoms with E-state index in [0.717, 1.165) is 41.4 Å². The Balaban J connectivity index is 1.70. The molecule has 3 aromatic heterocycles. The van der Waals surface area contributed by atoms with E-state index in [2.05, 4.69) is 16.3 Å². The number of aromatic amines is 1. The monoisotopic (exact) mass is 460 g/mol. The number of rotatable bonds is 4. The van der Waals surface area contributed by atoms with Gasteiger partial charge in [0.05, 0.1) is 11.4 Å². The fourth-order valence-electron chi connectivity index (χ4n) is 4.78. The molecule has 34 heavy (non-hydrogen) atoms. The first-order valence-corrected chi connectivity index (χ1v) is 11.6. The summed E-state index contributed by atoms with van der Waals surface area (Å²) in [6.07, 6.45) is 5.93. The van der Waals surface area contributed by atoms with Gasteiger partial charge in [0.25, 0.3) is 5.56 Å². The summed E-state index contributed by atoms with van der Waals surface area (Å²) in [5.41, 5.74) is 9.50. The number of benzene rings is 1. The molecule has 3 N–H and O–H groups in total. The highest BCUT2D eigenvalue weighted by molar-refractivity contribution is 6.01. The van der Waals surface area contributed by atoms with Gasteiger partial charge < -0.3 is 15.1 Å². The summed E-state index contributed by atoms with van der Waals surface area (Å²) in [6.45, 7) is 7.20. The summed E-state index contributed by atoms with van der Waals surface area (Å²) in [7, 11) is 0. The van der Waals surface area contributed by atoms with Crippen molar-refractivity contribution >= 4 is 33.6 Å². The number of carbonyl (C=O) groups excluding carboxylic acids is 1. The van der Waals surface area contributed by atoms with E-state index in [0.29, 0.717) is 29.9 Å². The van der Waals surface area contributed by atoms with E-state index < -0.39 is 5.56 Å². The summed E-state index contributed by atoms with van der Waals surface area (Å²) >= 11 is 0. The van der Waals surface area contributed by atoms with Crippen molar-refractivity contribution < 1.29 is 9.21 Å². The Kier molecular flexibility index (Phi) is 5.47. The molecule has 176 valence electrons. The first-order chi connectivity index (χ1) is 16.4. The molecule has 9 heteroatoms. The highest BCUT2D eigenvalue weighted by atomic mass is 16.3. The minimum Gasteiger partial charge on any atom is -0.454 e. The number of nitrogens with one attached hydrogen (secondary N) is 1. The van der Waals surface area contributed by atoms with Crippen LogP contribution in [0.5, 0.6) is 0 Å². The minimum atomic E-state index is -0.413. The molecule has 1 atom stereocenters. The van der Waals surface area contributed by atoms with Crippen LogP contribution in [0.25, 0.3) is 33.3 Å². The van der Waals surface area contributed by atoms with Crippen molar-refractivity contribution in [2.75, 3.05) is 18.8 Å². The number of anilines is 1. The number of hydrogen-bond acceptors (Lipinski definition) is 6. The first kappa shape index (κ1) is 21.9. The van der Waals surface area contributed by atoms with Crippen molar-refractivity contribution in [3.05, 3.63) is 51.8 Å². The van der Waals surface area contributed by atoms with E-state index in [9.17, 15) is 9.59 Å². The maximum atomic E-state index is 12.7. The highest BCUT2D eigenvalue weighted by Crippen LogP contribution is 2.40. The molecule has 0 radical (unpaired) electrons. The van der Waals surface area contributed by atoms with E-state index in [1.165, 1.54) is 0 Å². The van der Waals surface area contributed by atoms with Crippen LogP contribution >= 0.6 is 0 Å². The molecule has 5 rings (SSSR count). The van der Waals surface area contributed by atoms with E-state index in [4.69, 9.17) is 15.2 Å². The standard InChI is InChI=1S/C25H28N6O3/c1-4-5-8-19(32)30-11-6-7-16(13-30)31-22(20-21(29-31)25(33)28-27-24(20)26)23-15(3)17-12-14(2)9-10-18(17)34-23/h5,8-10,12,16H,4,6-7,11,13H2,1-3H3,(H2,26,27)(H,28,33)/b8-5+. The smallest absolute Gasteiger partial charge is 0.292 e. The van der Waals surface area contributed by atoms with Gasteiger partial charge in [-0.1, -0.05) is 24.6 Å². The molecule has 0 saturated carbocycles. The van der Waals surface area contributed by atoms with Crippen molar-refractivity contribution in [2.45, 2.75) is 46.1 Å². The zero-order valence-electron chi connectivity index (χ0n) is 19.6. The minimum absolute atomic E-state index is 0.0146. The van der Waals surface area contributed by atoms with Crippen molar-refractivity contribution in [1.29, 1.82) is 0 Å². The van der Waals surface area contributed by atoms with E-state index in [-0.39, 0.29) is 23.3 Å². The van der Waals surface area contributed by atoms with Gasteiger partial charge in [-0.3, -0.25) is 14.3 Å². The molecule has 1 saturated heterocycles. The van der Waals surface area contributed by atoms with Crippen LogP contribution in [0, 0.1) is 13.8 Å². The number of likely N-dealkylation sites (tertiary alicyclic amines) is 1. The third kappa shape index (κ3) is 3.57. The van der Waals surface area contributed by atoms with Crippen molar-refractivity contribution in [3.63, 3.8) is 0 Å². The van der Waals surface area contributed by atoms with Gasteiger partial charge in [0, 0.05) is 24.0 Å². The lowest BCUT2D eigenvalue weighted by Crippen LogP contribution is -2.40. The predicted octanol–water partition coefficient (Wildman–Crippen LogP) is 3.86. The number of amides is 1. The molecule has 4 aromatic rings. The van der Waals surface area contributed by atoms with Crippen LogP contribution in [-0.2, 0) is 4.79 Å². The number of furan rings is 1. The Morgan fingerprint density at radius 1 is 1.35 bits per heavy atom. The number of carbonyl (C=O) groups is 1. The molecule has 1 fully saturated rings. The summed E-state index contributed by atoms with van der Waals surface area (Å²) in [5, 5.41) is 12.6. The molecule has 1 unspecified atom stereocenters. The van der Waals surface area contributed by atoms with Gasteiger partial charge in [-0.2, -0.15) is 10.2 Å². The lowest BCUT2D eigenvalue weighted by atomic mass is 10.0. The maximum Gasteiger partial charge on any atom is 0.292 e. The van der Waals surface area contributed by atoms with Crippen LogP contribution in [0.4, 0.5) is 5.82 Å². The van der Waals surface area contributed by atoms with Gasteiger partial charge in [-0.25, -0.2) is 5.10 Å². The molecule has 0 spiro atoms. The second kappa shape index (κ2) is 8.48. The average molecular weight is 461 g/mol. The second-order valence-electron chi connectivity index (χ2n) is 8.90. The SMILES string of the molecule is CC/C=C/C(=O)N1CCCC(n2nc3c(=O)[nH]nc(N)c3c2-c2oc3ccc(C)cc3c2C)C1. The fourth-order valence-corrected chi connectivity index (χ4v) is 4.78. The summed E-state index contributed by atoms with van der Waals surface area (Å²) in [5.74, 6) is 0.775. The molecule has 4 heterocycles. The number of aromatic nitrogens is 4. The molecule has 0 bridgehead atoms. The van der Waals surface area contributed by atoms with E-state index in [1.807, 2.05) is 48.6 Å². The van der Waals surface area contributed by atoms with Crippen LogP contribution < -0.4 is 11.3 Å². The first-order valence-electron chi connectivity index (χ1n) is 11.6. The quantitative estimate of drug-likeness (QED) is 0.446. The van der Waals surface area contributed by atoms with Crippen molar-refractivity contribution in [1.82, 2.24) is 24.9 Å². The Morgan fingerprint density at radius 3 is 2.97 bits per heavy atom. The van der Waals surface area contributed by atoms with Gasteiger partial charge in [0.1, 0.15) is 11.3 Å². The highest BCUT2D eigenvalue weighted by Gasteiger charge is 2.31. The van der Waals surface area contributed by atoms with Crippen LogP contribution in [-0.4, -0.2) is 43.9 Å². The summed E-state index contributed by atoms with van der Waals surface area (Å²) < 4.78 is 8.13. The van der Waals surface area contributed by atoms with Gasteiger partial charge in [0.15, 0.2) is 17.1 Å². The van der Waals surface area contributed by atoms with E-state index >= 15 is 0 Å². The molecule has 9 nitrogen and oxygen atoms in total. The number of fused-ring (bicyclic) bond motifs is 2. The van der Waals surface area contributed by atoms with Crippen molar-refractivity contribution in [2.24, 2.45) is 0 Å². The Bertz CT molecular complexity index is 1490. The normalized spacial score (nSPS) is 16.8. The van der Waals surface area contributed by atoms with Gasteiger partial charge in [-0.15, -0.1) is 0 Å². The lowest BCUT2D eigenvalue weighted by Gasteiger charge is -2.33. The zero-order valence-corrected chi connectivity index (χ0v) is 19.6. The number of aryl methyl sites for hydroxylation is 2. The molecular formula is C25H28N6O3. The number of nitrogen functional groups attached to an aromatic ring is 1. The molecule has 1 aliphatic rings. The molecule has 1 aromatic carbocycles. The van der Waals surface area contributed by atoms with Gasteiger partial charge >= 0.3 is 0 Å². The van der Waals surface area contributed by atoms with E-state index in [1.54, 1.807) is 6.08 Å². The van der Waals surface area contributed by atoms with Gasteiger partial charge in [-0.05, 0) is 51.3 Å². The Labute approximate surface area is 196 Å². The van der Waals surface area contributed by atoms with Crippen LogP contribution in [0.2, 0.25) is 0 Å². The lowest BCUT2D eigenvalue weighted by molar-refractivity contribution is -0.127. The Hall–Kier alpha value is -3.88. The van der Waals surface area contributed by atoms with Crippen molar-refractivity contribution in [3.8, 4) is 11.5 Å². The predicted molar refractivity (Wildman–Crippen MR) is 132 cm³/mol. The number of H-pyrrole nitrogens is 1. The van der Waals surface area contributed by atoms with Crippen LogP contribution in [0.3, 0.4) is 0 Å². The van der Waals surface area contributed by atoms with Crippen LogP contribution in [0.1, 0.15) is 43.4 Å². The summed E-state index contributed by atoms with van der Waals surface area (Å²) in [4.78, 5) is 27.2. The average Bonchev–Trinajstić information content (AvgIpc) is 3.39. The number of nitrogens with zero attached hydrogens (tertiary/aromatic N) is 4. The number of nitrogens with two attached hydrogens (primary N) is 1. The molecular weight excluding hydrogens is 432 g/mol. The number of allylic oxidation sites excluding steroid dienone is 1. The third-order valence-corrected chi connectivity index (χ3v) is 6.52. The number of piperidine rings is 1. The fraction of sp³-hybridized carbons (Fsp3) is 0.360. The molecule has 0 aliphatic carbocycles. The molecule has 1 aliphatic heterocycles. The zero-order chi connectivity index (χ0) is 24.0. The topological polar surface area (TPSA) is 123 Å². The summed E-state index contributed by atoms with van der Waals surface area (Å²) in [6, 6.07) is 5.89. The second-order valence-corrected chi connectivity index (χ2v) is 8.90. The molecule has 1 amide bonds.